The number of carbonyl (C=O) groups excluding carboxylic acids is 1. The number of amides is 1. The topological polar surface area (TPSA) is 53.6 Å². The SMILES string of the molecule is C[C@@H](Nc1ccc(CCN2CCCCC2)cc1)C(=O)N[C@H]1CCOc2ccccc21. The Labute approximate surface area is 179 Å². The van der Waals surface area contributed by atoms with Crippen molar-refractivity contribution in [3.05, 3.63) is 59.7 Å². The predicted molar refractivity (Wildman–Crippen MR) is 121 cm³/mol. The fourth-order valence-corrected chi connectivity index (χ4v) is 4.34. The van der Waals surface area contributed by atoms with E-state index in [1.54, 1.807) is 0 Å². The van der Waals surface area contributed by atoms with E-state index in [0.29, 0.717) is 6.61 Å². The highest BCUT2D eigenvalue weighted by Crippen LogP contribution is 2.31. The number of rotatable bonds is 7. The smallest absolute Gasteiger partial charge is 0.242 e. The summed E-state index contributed by atoms with van der Waals surface area (Å²) in [6.45, 7) is 6.15. The van der Waals surface area contributed by atoms with Crippen LogP contribution in [0.2, 0.25) is 0 Å². The highest BCUT2D eigenvalue weighted by atomic mass is 16.5. The molecule has 2 N–H and O–H groups in total. The molecule has 30 heavy (non-hydrogen) atoms. The van der Waals surface area contributed by atoms with Crippen LogP contribution in [-0.2, 0) is 11.2 Å². The van der Waals surface area contributed by atoms with Crippen LogP contribution in [0.5, 0.6) is 5.75 Å². The van der Waals surface area contributed by atoms with Gasteiger partial charge in [0, 0.05) is 24.2 Å². The van der Waals surface area contributed by atoms with E-state index in [2.05, 4.69) is 39.8 Å². The first-order valence-corrected chi connectivity index (χ1v) is 11.3. The lowest BCUT2D eigenvalue weighted by Gasteiger charge is -2.28. The van der Waals surface area contributed by atoms with Gasteiger partial charge in [-0.05, 0) is 63.0 Å². The highest BCUT2D eigenvalue weighted by Gasteiger charge is 2.24. The molecule has 0 radical (unpaired) electrons. The molecule has 2 aliphatic rings. The minimum Gasteiger partial charge on any atom is -0.493 e. The van der Waals surface area contributed by atoms with Crippen molar-refractivity contribution < 1.29 is 9.53 Å². The van der Waals surface area contributed by atoms with Gasteiger partial charge in [0.15, 0.2) is 0 Å². The molecule has 2 aliphatic heterocycles. The third-order valence-electron chi connectivity index (χ3n) is 6.17. The van der Waals surface area contributed by atoms with Gasteiger partial charge in [0.2, 0.25) is 5.91 Å². The first kappa shape index (κ1) is 20.7. The molecule has 4 rings (SSSR count). The van der Waals surface area contributed by atoms with Crippen LogP contribution in [0, 0.1) is 0 Å². The molecule has 1 fully saturated rings. The summed E-state index contributed by atoms with van der Waals surface area (Å²) in [7, 11) is 0. The normalized spacial score (nSPS) is 20.0. The second kappa shape index (κ2) is 9.98. The lowest BCUT2D eigenvalue weighted by molar-refractivity contribution is -0.122. The molecule has 2 atom stereocenters. The largest absolute Gasteiger partial charge is 0.493 e. The number of nitrogens with zero attached hydrogens (tertiary/aromatic N) is 1. The fraction of sp³-hybridized carbons (Fsp3) is 0.480. The third-order valence-corrected chi connectivity index (χ3v) is 6.17. The molecule has 0 bridgehead atoms. The van der Waals surface area contributed by atoms with Crippen molar-refractivity contribution in [3.8, 4) is 5.75 Å². The Kier molecular flexibility index (Phi) is 6.90. The van der Waals surface area contributed by atoms with E-state index in [1.165, 1.54) is 37.9 Å². The standard InChI is InChI=1S/C25H33N3O2/c1-19(25(29)27-23-14-18-30-24-8-4-3-7-22(23)24)26-21-11-9-20(10-12-21)13-17-28-15-5-2-6-16-28/h3-4,7-12,19,23,26H,2,5-6,13-18H2,1H3,(H,27,29)/t19-,23+/m1/s1. The zero-order valence-corrected chi connectivity index (χ0v) is 17.9. The molecule has 160 valence electrons. The summed E-state index contributed by atoms with van der Waals surface area (Å²) in [5.41, 5.74) is 3.39. The number of hydrogen-bond donors (Lipinski definition) is 2. The molecular formula is C25H33N3O2. The quantitative estimate of drug-likeness (QED) is 0.724. The molecule has 1 amide bonds. The first-order chi connectivity index (χ1) is 14.7. The molecule has 2 aromatic carbocycles. The van der Waals surface area contributed by atoms with E-state index < -0.39 is 0 Å². The molecule has 0 aromatic heterocycles. The van der Waals surface area contributed by atoms with Crippen molar-refractivity contribution in [1.29, 1.82) is 0 Å². The van der Waals surface area contributed by atoms with Gasteiger partial charge >= 0.3 is 0 Å². The molecule has 0 spiro atoms. The number of benzene rings is 2. The summed E-state index contributed by atoms with van der Waals surface area (Å²) < 4.78 is 5.69. The minimum absolute atomic E-state index is 0.00358. The van der Waals surface area contributed by atoms with Gasteiger partial charge in [-0.2, -0.15) is 0 Å². The molecule has 1 saturated heterocycles. The molecular weight excluding hydrogens is 374 g/mol. The Balaban J connectivity index is 1.27. The van der Waals surface area contributed by atoms with Crippen molar-refractivity contribution >= 4 is 11.6 Å². The number of carbonyl (C=O) groups is 1. The van der Waals surface area contributed by atoms with E-state index in [9.17, 15) is 4.79 Å². The lowest BCUT2D eigenvalue weighted by Crippen LogP contribution is -2.41. The molecule has 5 nitrogen and oxygen atoms in total. The van der Waals surface area contributed by atoms with E-state index in [-0.39, 0.29) is 18.0 Å². The number of anilines is 1. The van der Waals surface area contributed by atoms with Gasteiger partial charge in [-0.25, -0.2) is 0 Å². The van der Waals surface area contributed by atoms with E-state index in [4.69, 9.17) is 4.74 Å². The van der Waals surface area contributed by atoms with Crippen LogP contribution in [0.4, 0.5) is 5.69 Å². The van der Waals surface area contributed by atoms with E-state index in [0.717, 1.165) is 36.4 Å². The Hall–Kier alpha value is -2.53. The second-order valence-corrected chi connectivity index (χ2v) is 8.45. The van der Waals surface area contributed by atoms with Crippen molar-refractivity contribution in [2.24, 2.45) is 0 Å². The average molecular weight is 408 g/mol. The Bertz CT molecular complexity index is 831. The van der Waals surface area contributed by atoms with Gasteiger partial charge in [-0.1, -0.05) is 36.8 Å². The lowest BCUT2D eigenvalue weighted by atomic mass is 10.0. The fourth-order valence-electron chi connectivity index (χ4n) is 4.34. The van der Waals surface area contributed by atoms with E-state index in [1.807, 2.05) is 31.2 Å². The number of piperidine rings is 1. The maximum Gasteiger partial charge on any atom is 0.242 e. The number of nitrogens with one attached hydrogen (secondary N) is 2. The molecule has 2 aromatic rings. The van der Waals surface area contributed by atoms with Gasteiger partial charge < -0.3 is 20.3 Å². The summed E-state index contributed by atoms with van der Waals surface area (Å²) in [6.07, 6.45) is 5.93. The Morgan fingerprint density at radius 2 is 1.87 bits per heavy atom. The number of fused-ring (bicyclic) bond motifs is 1. The van der Waals surface area contributed by atoms with Crippen LogP contribution in [0.3, 0.4) is 0 Å². The van der Waals surface area contributed by atoms with Crippen molar-refractivity contribution in [1.82, 2.24) is 10.2 Å². The van der Waals surface area contributed by atoms with Crippen LogP contribution in [0.1, 0.15) is 49.8 Å². The predicted octanol–water partition coefficient (Wildman–Crippen LogP) is 4.16. The average Bonchev–Trinajstić information content (AvgIpc) is 2.79. The van der Waals surface area contributed by atoms with Crippen LogP contribution >= 0.6 is 0 Å². The molecule has 5 heteroatoms. The third kappa shape index (κ3) is 5.33. The summed E-state index contributed by atoms with van der Waals surface area (Å²) in [5.74, 6) is 0.876. The van der Waals surface area contributed by atoms with Gasteiger partial charge in [0.1, 0.15) is 11.8 Å². The second-order valence-electron chi connectivity index (χ2n) is 8.45. The molecule has 0 unspecified atom stereocenters. The first-order valence-electron chi connectivity index (χ1n) is 11.3. The Morgan fingerprint density at radius 1 is 1.10 bits per heavy atom. The minimum atomic E-state index is -0.306. The van der Waals surface area contributed by atoms with Gasteiger partial charge in [0.25, 0.3) is 0 Å². The number of hydrogen-bond acceptors (Lipinski definition) is 4. The monoisotopic (exact) mass is 407 g/mol. The van der Waals surface area contributed by atoms with E-state index >= 15 is 0 Å². The van der Waals surface area contributed by atoms with Crippen molar-refractivity contribution in [2.75, 3.05) is 31.6 Å². The number of ether oxygens (including phenoxy) is 1. The number of likely N-dealkylation sites (tertiary alicyclic amines) is 1. The molecule has 0 aliphatic carbocycles. The van der Waals surface area contributed by atoms with Crippen molar-refractivity contribution in [2.45, 2.75) is 51.1 Å². The maximum absolute atomic E-state index is 12.7. The number of para-hydroxylation sites is 1. The Morgan fingerprint density at radius 3 is 2.67 bits per heavy atom. The highest BCUT2D eigenvalue weighted by molar-refractivity contribution is 5.84. The van der Waals surface area contributed by atoms with Gasteiger partial charge in [-0.3, -0.25) is 4.79 Å². The zero-order valence-electron chi connectivity index (χ0n) is 17.9. The van der Waals surface area contributed by atoms with Crippen LogP contribution < -0.4 is 15.4 Å². The van der Waals surface area contributed by atoms with Crippen LogP contribution in [0.25, 0.3) is 0 Å². The summed E-state index contributed by atoms with van der Waals surface area (Å²) in [4.78, 5) is 15.3. The molecule has 2 heterocycles. The van der Waals surface area contributed by atoms with Crippen LogP contribution in [0.15, 0.2) is 48.5 Å². The van der Waals surface area contributed by atoms with Gasteiger partial charge in [-0.15, -0.1) is 0 Å². The van der Waals surface area contributed by atoms with Crippen molar-refractivity contribution in [3.63, 3.8) is 0 Å². The summed E-state index contributed by atoms with van der Waals surface area (Å²) in [6, 6.07) is 16.1. The molecule has 0 saturated carbocycles. The maximum atomic E-state index is 12.7. The van der Waals surface area contributed by atoms with Gasteiger partial charge in [0.05, 0.1) is 12.6 Å². The zero-order chi connectivity index (χ0) is 20.8. The summed E-state index contributed by atoms with van der Waals surface area (Å²) in [5, 5.41) is 6.51. The van der Waals surface area contributed by atoms with Crippen LogP contribution in [-0.4, -0.2) is 43.1 Å². The summed E-state index contributed by atoms with van der Waals surface area (Å²) >= 11 is 0.